The molecule has 1 amide bonds. The summed E-state index contributed by atoms with van der Waals surface area (Å²) in [6, 6.07) is 14.1. The number of rotatable bonds is 6. The molecule has 7 nitrogen and oxygen atoms in total. The van der Waals surface area contributed by atoms with E-state index in [4.69, 9.17) is 4.74 Å². The van der Waals surface area contributed by atoms with Gasteiger partial charge in [0, 0.05) is 38.3 Å². The molecular formula is C25H33N3O4S. The SMILES string of the molecule is CC1CN(Cc2ccc(C(=O)Nc3ccccc3S(=O)(=O)N3CCCCC3)cc2)CC(C)O1. The van der Waals surface area contributed by atoms with Crippen LogP contribution in [-0.2, 0) is 21.3 Å². The van der Waals surface area contributed by atoms with E-state index in [0.717, 1.165) is 44.5 Å². The number of nitrogens with one attached hydrogen (secondary N) is 1. The van der Waals surface area contributed by atoms with E-state index in [9.17, 15) is 13.2 Å². The van der Waals surface area contributed by atoms with Crippen LogP contribution >= 0.6 is 0 Å². The van der Waals surface area contributed by atoms with Gasteiger partial charge in [0.1, 0.15) is 4.90 Å². The number of ether oxygens (including phenoxy) is 1. The molecule has 0 bridgehead atoms. The summed E-state index contributed by atoms with van der Waals surface area (Å²) in [5.41, 5.74) is 1.93. The van der Waals surface area contributed by atoms with Crippen LogP contribution in [0.15, 0.2) is 53.4 Å². The minimum atomic E-state index is -3.65. The zero-order valence-electron chi connectivity index (χ0n) is 19.4. The number of para-hydroxylation sites is 1. The van der Waals surface area contributed by atoms with Gasteiger partial charge in [-0.25, -0.2) is 8.42 Å². The second-order valence-electron chi connectivity index (χ2n) is 9.06. The van der Waals surface area contributed by atoms with E-state index in [2.05, 4.69) is 24.1 Å². The first kappa shape index (κ1) is 23.9. The third-order valence-corrected chi connectivity index (χ3v) is 8.14. The van der Waals surface area contributed by atoms with E-state index >= 15 is 0 Å². The van der Waals surface area contributed by atoms with Crippen molar-refractivity contribution in [2.45, 2.75) is 56.8 Å². The summed E-state index contributed by atoms with van der Waals surface area (Å²) in [6.07, 6.45) is 3.19. The number of nitrogens with zero attached hydrogens (tertiary/aromatic N) is 2. The molecule has 2 aliphatic rings. The third kappa shape index (κ3) is 5.81. The normalized spacial score (nSPS) is 22.7. The van der Waals surface area contributed by atoms with Crippen LogP contribution < -0.4 is 5.32 Å². The molecule has 1 N–H and O–H groups in total. The van der Waals surface area contributed by atoms with Crippen molar-refractivity contribution in [1.82, 2.24) is 9.21 Å². The predicted molar refractivity (Wildman–Crippen MR) is 129 cm³/mol. The summed E-state index contributed by atoms with van der Waals surface area (Å²) in [7, 11) is -3.65. The number of carbonyl (C=O) groups is 1. The van der Waals surface area contributed by atoms with Crippen molar-refractivity contribution >= 4 is 21.6 Å². The maximum absolute atomic E-state index is 13.2. The minimum Gasteiger partial charge on any atom is -0.373 e. The number of anilines is 1. The second-order valence-corrected chi connectivity index (χ2v) is 11.0. The minimum absolute atomic E-state index is 0.146. The van der Waals surface area contributed by atoms with Crippen molar-refractivity contribution < 1.29 is 17.9 Å². The first-order valence-corrected chi connectivity index (χ1v) is 13.1. The number of amides is 1. The monoisotopic (exact) mass is 471 g/mol. The topological polar surface area (TPSA) is 79.0 Å². The summed E-state index contributed by atoms with van der Waals surface area (Å²) in [5, 5.41) is 2.81. The Morgan fingerprint density at radius 3 is 2.27 bits per heavy atom. The largest absolute Gasteiger partial charge is 0.373 e. The molecule has 0 radical (unpaired) electrons. The first-order valence-electron chi connectivity index (χ1n) is 11.7. The highest BCUT2D eigenvalue weighted by Gasteiger charge is 2.28. The van der Waals surface area contributed by atoms with Gasteiger partial charge < -0.3 is 10.1 Å². The van der Waals surface area contributed by atoms with Crippen molar-refractivity contribution in [3.63, 3.8) is 0 Å². The van der Waals surface area contributed by atoms with Crippen LogP contribution in [-0.4, -0.2) is 61.9 Å². The highest BCUT2D eigenvalue weighted by atomic mass is 32.2. The van der Waals surface area contributed by atoms with Crippen LogP contribution in [0.5, 0.6) is 0 Å². The summed E-state index contributed by atoms with van der Waals surface area (Å²) in [4.78, 5) is 15.4. The van der Waals surface area contributed by atoms with Gasteiger partial charge in [-0.1, -0.05) is 30.7 Å². The molecule has 178 valence electrons. The Morgan fingerprint density at radius 2 is 1.61 bits per heavy atom. The van der Waals surface area contributed by atoms with E-state index in [1.807, 2.05) is 12.1 Å². The number of piperidine rings is 1. The Balaban J connectivity index is 1.45. The van der Waals surface area contributed by atoms with Gasteiger partial charge in [-0.2, -0.15) is 4.31 Å². The molecule has 2 fully saturated rings. The smallest absolute Gasteiger partial charge is 0.255 e. The molecule has 0 aliphatic carbocycles. The predicted octanol–water partition coefficient (Wildman–Crippen LogP) is 3.72. The molecule has 2 atom stereocenters. The number of carbonyl (C=O) groups excluding carboxylic acids is 1. The van der Waals surface area contributed by atoms with Crippen molar-refractivity contribution in [2.24, 2.45) is 0 Å². The van der Waals surface area contributed by atoms with Crippen LogP contribution in [0.4, 0.5) is 5.69 Å². The van der Waals surface area contributed by atoms with E-state index in [1.54, 1.807) is 36.4 Å². The quantitative estimate of drug-likeness (QED) is 0.695. The van der Waals surface area contributed by atoms with Crippen LogP contribution in [0.1, 0.15) is 49.0 Å². The fourth-order valence-electron chi connectivity index (χ4n) is 4.67. The van der Waals surface area contributed by atoms with Gasteiger partial charge in [0.25, 0.3) is 5.91 Å². The van der Waals surface area contributed by atoms with Crippen molar-refractivity contribution in [3.05, 3.63) is 59.7 Å². The van der Waals surface area contributed by atoms with Gasteiger partial charge in [0.05, 0.1) is 17.9 Å². The van der Waals surface area contributed by atoms with Gasteiger partial charge in [-0.05, 0) is 56.5 Å². The summed E-state index contributed by atoms with van der Waals surface area (Å²) in [6.45, 7) is 7.78. The molecule has 8 heteroatoms. The molecule has 2 unspecified atom stereocenters. The van der Waals surface area contributed by atoms with Crippen LogP contribution in [0, 0.1) is 0 Å². The van der Waals surface area contributed by atoms with Crippen LogP contribution in [0.3, 0.4) is 0 Å². The lowest BCUT2D eigenvalue weighted by molar-refractivity contribution is -0.0704. The molecule has 0 saturated carbocycles. The standard InChI is InChI=1S/C25H33N3O4S/c1-19-16-27(17-20(2)32-19)18-21-10-12-22(13-11-21)25(29)26-23-8-4-5-9-24(23)33(30,31)28-14-6-3-7-15-28/h4-5,8-13,19-20H,3,6-7,14-18H2,1-2H3,(H,26,29). The molecule has 2 aromatic rings. The van der Waals surface area contributed by atoms with Crippen LogP contribution in [0.25, 0.3) is 0 Å². The van der Waals surface area contributed by atoms with E-state index in [1.165, 1.54) is 4.31 Å². The average molecular weight is 472 g/mol. The zero-order chi connectivity index (χ0) is 23.4. The molecule has 2 aromatic carbocycles. The maximum atomic E-state index is 13.2. The highest BCUT2D eigenvalue weighted by molar-refractivity contribution is 7.89. The molecule has 4 rings (SSSR count). The van der Waals surface area contributed by atoms with Crippen molar-refractivity contribution in [3.8, 4) is 0 Å². The summed E-state index contributed by atoms with van der Waals surface area (Å²) >= 11 is 0. The van der Waals surface area contributed by atoms with Crippen LogP contribution in [0.2, 0.25) is 0 Å². The summed E-state index contributed by atoms with van der Waals surface area (Å²) in [5.74, 6) is -0.323. The Kier molecular flexibility index (Phi) is 7.48. The molecule has 2 aliphatic heterocycles. The first-order chi connectivity index (χ1) is 15.8. The van der Waals surface area contributed by atoms with Gasteiger partial charge in [-0.15, -0.1) is 0 Å². The Labute approximate surface area is 196 Å². The lowest BCUT2D eigenvalue weighted by Crippen LogP contribution is -2.44. The van der Waals surface area contributed by atoms with E-state index in [0.29, 0.717) is 24.3 Å². The van der Waals surface area contributed by atoms with Gasteiger partial charge in [0.2, 0.25) is 10.0 Å². The third-order valence-electron chi connectivity index (χ3n) is 6.19. The number of hydrogen-bond donors (Lipinski definition) is 1. The van der Waals surface area contributed by atoms with Gasteiger partial charge in [-0.3, -0.25) is 9.69 Å². The Bertz CT molecular complexity index is 1060. The Hall–Kier alpha value is -2.26. The molecule has 2 saturated heterocycles. The van der Waals surface area contributed by atoms with Gasteiger partial charge in [0.15, 0.2) is 0 Å². The molecule has 33 heavy (non-hydrogen) atoms. The number of benzene rings is 2. The van der Waals surface area contributed by atoms with Crippen molar-refractivity contribution in [1.29, 1.82) is 0 Å². The molecular weight excluding hydrogens is 438 g/mol. The maximum Gasteiger partial charge on any atom is 0.255 e. The highest BCUT2D eigenvalue weighted by Crippen LogP contribution is 2.27. The zero-order valence-corrected chi connectivity index (χ0v) is 20.2. The Morgan fingerprint density at radius 1 is 0.970 bits per heavy atom. The fourth-order valence-corrected chi connectivity index (χ4v) is 6.33. The fraction of sp³-hybridized carbons (Fsp3) is 0.480. The molecule has 0 spiro atoms. The average Bonchev–Trinajstić information content (AvgIpc) is 2.80. The summed E-state index contributed by atoms with van der Waals surface area (Å²) < 4.78 is 33.6. The number of sulfonamides is 1. The number of morpholine rings is 1. The molecule has 0 aromatic heterocycles. The second kappa shape index (κ2) is 10.3. The molecule has 2 heterocycles. The van der Waals surface area contributed by atoms with Gasteiger partial charge >= 0.3 is 0 Å². The number of hydrogen-bond acceptors (Lipinski definition) is 5. The van der Waals surface area contributed by atoms with E-state index in [-0.39, 0.29) is 23.0 Å². The lowest BCUT2D eigenvalue weighted by Gasteiger charge is -2.35. The lowest BCUT2D eigenvalue weighted by atomic mass is 10.1. The van der Waals surface area contributed by atoms with Crippen molar-refractivity contribution in [2.75, 3.05) is 31.5 Å². The van der Waals surface area contributed by atoms with E-state index < -0.39 is 10.0 Å².